The number of piperidine rings is 1. The molecule has 39 heavy (non-hydrogen) atoms. The van der Waals surface area contributed by atoms with Gasteiger partial charge in [-0.1, -0.05) is 18.7 Å². The number of rotatable bonds is 8. The van der Waals surface area contributed by atoms with E-state index in [9.17, 15) is 9.90 Å². The van der Waals surface area contributed by atoms with E-state index in [0.29, 0.717) is 36.7 Å². The summed E-state index contributed by atoms with van der Waals surface area (Å²) >= 11 is 3.57. The summed E-state index contributed by atoms with van der Waals surface area (Å²) in [6.07, 6.45) is 8.44. The molecule has 10 nitrogen and oxygen atoms in total. The number of pyridine rings is 1. The van der Waals surface area contributed by atoms with E-state index in [1.54, 1.807) is 34.0 Å². The molecule has 2 amide bonds. The summed E-state index contributed by atoms with van der Waals surface area (Å²) in [7, 11) is 0. The van der Waals surface area contributed by atoms with Crippen molar-refractivity contribution >= 4 is 39.1 Å². The molecule has 0 saturated carbocycles. The maximum atomic E-state index is 13.3. The first-order valence-corrected chi connectivity index (χ1v) is 13.6. The van der Waals surface area contributed by atoms with Gasteiger partial charge in [-0.05, 0) is 59.5 Å². The van der Waals surface area contributed by atoms with Crippen molar-refractivity contribution in [2.45, 2.75) is 38.3 Å². The van der Waals surface area contributed by atoms with Crippen LogP contribution >= 0.6 is 15.9 Å². The van der Waals surface area contributed by atoms with Gasteiger partial charge >= 0.3 is 6.03 Å². The number of nitrogens with one attached hydrogen (secondary N) is 2. The number of benzene rings is 1. The maximum absolute atomic E-state index is 13.3. The number of urea groups is 1. The number of halogens is 1. The molecule has 3 N–H and O–H groups in total. The van der Waals surface area contributed by atoms with Crippen LogP contribution in [0.25, 0.3) is 5.65 Å². The van der Waals surface area contributed by atoms with Gasteiger partial charge in [0.1, 0.15) is 23.4 Å². The van der Waals surface area contributed by atoms with Crippen LogP contribution < -0.4 is 15.4 Å². The van der Waals surface area contributed by atoms with E-state index in [0.717, 1.165) is 34.4 Å². The predicted octanol–water partition coefficient (Wildman–Crippen LogP) is 5.57. The minimum absolute atomic E-state index is 0.0376. The van der Waals surface area contributed by atoms with Gasteiger partial charge in [-0.3, -0.25) is 4.98 Å². The number of phenolic OH excluding ortho intramolecular Hbond substituents is 1. The van der Waals surface area contributed by atoms with Gasteiger partial charge in [0.2, 0.25) is 0 Å². The van der Waals surface area contributed by atoms with Crippen LogP contribution in [-0.2, 0) is 6.54 Å². The molecule has 5 rings (SSSR count). The Morgan fingerprint density at radius 1 is 1.33 bits per heavy atom. The second-order valence-electron chi connectivity index (χ2n) is 9.46. The number of fused-ring (bicyclic) bond motifs is 1. The van der Waals surface area contributed by atoms with Crippen LogP contribution in [0, 0.1) is 0 Å². The van der Waals surface area contributed by atoms with Crippen LogP contribution in [0.4, 0.5) is 16.3 Å². The first kappa shape index (κ1) is 26.5. The van der Waals surface area contributed by atoms with Crippen molar-refractivity contribution < 1.29 is 14.6 Å². The number of aromatic nitrogens is 4. The Balaban J connectivity index is 1.35. The first-order chi connectivity index (χ1) is 18.9. The van der Waals surface area contributed by atoms with Crippen molar-refractivity contribution in [1.82, 2.24) is 24.5 Å². The molecule has 1 aliphatic rings. The summed E-state index contributed by atoms with van der Waals surface area (Å²) in [6, 6.07) is 10.3. The number of carbonyl (C=O) groups excluding carboxylic acids is 1. The zero-order chi connectivity index (χ0) is 27.4. The zero-order valence-corrected chi connectivity index (χ0v) is 23.1. The van der Waals surface area contributed by atoms with Crippen LogP contribution in [-0.4, -0.2) is 54.8 Å². The fourth-order valence-corrected chi connectivity index (χ4v) is 4.90. The Morgan fingerprint density at radius 3 is 3.00 bits per heavy atom. The molecule has 2 atom stereocenters. The third-order valence-corrected chi connectivity index (χ3v) is 7.18. The highest BCUT2D eigenvalue weighted by atomic mass is 79.9. The van der Waals surface area contributed by atoms with Gasteiger partial charge in [-0.15, -0.1) is 0 Å². The second kappa shape index (κ2) is 11.7. The lowest BCUT2D eigenvalue weighted by atomic mass is 9.94. The van der Waals surface area contributed by atoms with Gasteiger partial charge < -0.3 is 25.4 Å². The van der Waals surface area contributed by atoms with Crippen LogP contribution in [0.15, 0.2) is 72.1 Å². The van der Waals surface area contributed by atoms with Gasteiger partial charge in [0, 0.05) is 50.1 Å². The zero-order valence-electron chi connectivity index (χ0n) is 21.5. The molecule has 1 aliphatic heterocycles. The normalized spacial score (nSPS) is 16.1. The Hall–Kier alpha value is -4.12. The fraction of sp³-hybridized carbons (Fsp3) is 0.286. The number of hydrogen-bond acceptors (Lipinski definition) is 7. The molecule has 0 spiro atoms. The minimum atomic E-state index is -0.261. The summed E-state index contributed by atoms with van der Waals surface area (Å²) in [5.74, 6) is 1.35. The van der Waals surface area contributed by atoms with Gasteiger partial charge in [0.15, 0.2) is 5.65 Å². The van der Waals surface area contributed by atoms with E-state index in [1.807, 2.05) is 31.3 Å². The molecule has 3 aromatic heterocycles. The Labute approximate surface area is 234 Å². The van der Waals surface area contributed by atoms with Crippen molar-refractivity contribution in [3.05, 3.63) is 83.4 Å². The number of likely N-dealkylation sites (tertiary alicyclic amines) is 1. The third-order valence-electron chi connectivity index (χ3n) is 6.62. The summed E-state index contributed by atoms with van der Waals surface area (Å²) < 4.78 is 8.41. The highest BCUT2D eigenvalue weighted by Gasteiger charge is 2.27. The SMILES string of the molecule is C=CC(C)Oc1ccc(O)cc1NC(=O)N1CCCC(c2cc(NCc3cccnc3)n3ncc(Br)c3n2)C1. The molecular weight excluding hydrogens is 562 g/mol. The number of aromatic hydroxyl groups is 1. The predicted molar refractivity (Wildman–Crippen MR) is 153 cm³/mol. The Morgan fingerprint density at radius 2 is 2.21 bits per heavy atom. The molecule has 11 heteroatoms. The fourth-order valence-electron chi connectivity index (χ4n) is 4.55. The monoisotopic (exact) mass is 591 g/mol. The van der Waals surface area contributed by atoms with Crippen molar-refractivity contribution in [3.63, 3.8) is 0 Å². The number of amides is 2. The minimum Gasteiger partial charge on any atom is -0.508 e. The highest BCUT2D eigenvalue weighted by molar-refractivity contribution is 9.10. The first-order valence-electron chi connectivity index (χ1n) is 12.8. The van der Waals surface area contributed by atoms with Crippen LogP contribution in [0.1, 0.15) is 36.9 Å². The molecule has 4 heterocycles. The largest absolute Gasteiger partial charge is 0.508 e. The van der Waals surface area contributed by atoms with E-state index >= 15 is 0 Å². The van der Waals surface area contributed by atoms with Gasteiger partial charge in [0.05, 0.1) is 22.1 Å². The van der Waals surface area contributed by atoms with E-state index in [2.05, 4.69) is 43.2 Å². The molecule has 4 aromatic rings. The summed E-state index contributed by atoms with van der Waals surface area (Å²) in [4.78, 5) is 24.2. The van der Waals surface area contributed by atoms with Crippen LogP contribution in [0.3, 0.4) is 0 Å². The number of phenols is 1. The Bertz CT molecular complexity index is 1480. The summed E-state index contributed by atoms with van der Waals surface area (Å²) in [6.45, 7) is 7.29. The van der Waals surface area contributed by atoms with Crippen LogP contribution in [0.5, 0.6) is 11.5 Å². The Kier molecular flexibility index (Phi) is 7.97. The number of anilines is 2. The molecule has 0 radical (unpaired) electrons. The molecule has 1 fully saturated rings. The molecule has 1 saturated heterocycles. The third kappa shape index (κ3) is 6.14. The number of ether oxygens (including phenoxy) is 1. The van der Waals surface area contributed by atoms with Crippen molar-refractivity contribution in [2.75, 3.05) is 23.7 Å². The summed E-state index contributed by atoms with van der Waals surface area (Å²) in [5.41, 5.74) is 3.05. The van der Waals surface area contributed by atoms with E-state index < -0.39 is 0 Å². The van der Waals surface area contributed by atoms with E-state index in [1.165, 1.54) is 12.1 Å². The van der Waals surface area contributed by atoms with Gasteiger partial charge in [-0.2, -0.15) is 9.61 Å². The molecule has 1 aromatic carbocycles. The molecule has 2 unspecified atom stereocenters. The number of hydrogen-bond donors (Lipinski definition) is 3. The molecule has 202 valence electrons. The lowest BCUT2D eigenvalue weighted by Crippen LogP contribution is -2.41. The van der Waals surface area contributed by atoms with Crippen LogP contribution in [0.2, 0.25) is 0 Å². The average Bonchev–Trinajstić information content (AvgIpc) is 3.34. The van der Waals surface area contributed by atoms with Crippen molar-refractivity contribution in [1.29, 1.82) is 0 Å². The smallest absolute Gasteiger partial charge is 0.321 e. The molecule has 0 bridgehead atoms. The summed E-state index contributed by atoms with van der Waals surface area (Å²) in [5, 5.41) is 20.8. The standard InChI is InChI=1S/C28H30BrN7O3/c1-3-18(2)39-25-9-8-21(37)12-24(25)34-28(38)35-11-5-7-20(17-35)23-13-26(31-15-19-6-4-10-30-14-19)36-27(33-23)22(29)16-32-36/h3-4,6,8-10,12-14,16,18,20,31,37H,1,5,7,11,15,17H2,2H3,(H,34,38). The number of carbonyl (C=O) groups is 1. The molecular formula is C28H30BrN7O3. The average molecular weight is 592 g/mol. The van der Waals surface area contributed by atoms with E-state index in [4.69, 9.17) is 9.72 Å². The van der Waals surface area contributed by atoms with E-state index in [-0.39, 0.29) is 23.8 Å². The topological polar surface area (TPSA) is 117 Å². The quantitative estimate of drug-likeness (QED) is 0.229. The van der Waals surface area contributed by atoms with Gasteiger partial charge in [-0.25, -0.2) is 9.78 Å². The van der Waals surface area contributed by atoms with Gasteiger partial charge in [0.25, 0.3) is 0 Å². The number of nitrogens with zero attached hydrogens (tertiary/aromatic N) is 5. The lowest BCUT2D eigenvalue weighted by molar-refractivity contribution is 0.192. The highest BCUT2D eigenvalue weighted by Crippen LogP contribution is 2.32. The lowest BCUT2D eigenvalue weighted by Gasteiger charge is -2.33. The van der Waals surface area contributed by atoms with Crippen molar-refractivity contribution in [3.8, 4) is 11.5 Å². The molecule has 0 aliphatic carbocycles. The van der Waals surface area contributed by atoms with Crippen molar-refractivity contribution in [2.24, 2.45) is 0 Å². The maximum Gasteiger partial charge on any atom is 0.321 e. The second-order valence-corrected chi connectivity index (χ2v) is 10.3.